The van der Waals surface area contributed by atoms with Gasteiger partial charge in [-0.25, -0.2) is 0 Å². The maximum atomic E-state index is 11.5. The highest BCUT2D eigenvalue weighted by Gasteiger charge is 2.24. The number of benzene rings is 1. The molecule has 0 radical (unpaired) electrons. The molecule has 3 nitrogen and oxygen atoms in total. The first kappa shape index (κ1) is 9.40. The minimum absolute atomic E-state index is 0.0116. The molecule has 1 amide bonds. The second-order valence-electron chi connectivity index (χ2n) is 3.46. The van der Waals surface area contributed by atoms with Crippen molar-refractivity contribution in [3.63, 3.8) is 0 Å². The van der Waals surface area contributed by atoms with Crippen LogP contribution in [0.3, 0.4) is 0 Å². The molecule has 0 saturated heterocycles. The Morgan fingerprint density at radius 1 is 1.36 bits per heavy atom. The summed E-state index contributed by atoms with van der Waals surface area (Å²) in [6, 6.07) is 8.02. The van der Waals surface area contributed by atoms with Crippen molar-refractivity contribution < 1.29 is 4.79 Å². The summed E-state index contributed by atoms with van der Waals surface area (Å²) in [5.41, 5.74) is 1.75. The number of amides is 1. The number of hydrogen-bond acceptors (Lipinski definition) is 3. The zero-order valence-corrected chi connectivity index (χ0v) is 8.97. The zero-order valence-electron chi connectivity index (χ0n) is 8.15. The molecule has 4 heteroatoms. The summed E-state index contributed by atoms with van der Waals surface area (Å²) in [7, 11) is 0. The van der Waals surface area contributed by atoms with Gasteiger partial charge in [-0.05, 0) is 26.0 Å². The summed E-state index contributed by atoms with van der Waals surface area (Å²) in [6.45, 7) is 4.20. The van der Waals surface area contributed by atoms with Gasteiger partial charge in [-0.3, -0.25) is 13.8 Å². The fourth-order valence-corrected chi connectivity index (χ4v) is 2.20. The van der Waals surface area contributed by atoms with Crippen LogP contribution in [0.15, 0.2) is 24.3 Å². The van der Waals surface area contributed by atoms with Crippen molar-refractivity contribution in [2.24, 2.45) is 0 Å². The van der Waals surface area contributed by atoms with Crippen molar-refractivity contribution in [2.75, 3.05) is 4.31 Å². The standard InChI is InChI=1S/C10H12N2OS/c1-7(2)12-9-6-4-3-5-8(9)10(13)11-14-12/h3-7H,1-2H3,(H,11,13). The molecular weight excluding hydrogens is 196 g/mol. The first-order chi connectivity index (χ1) is 6.70. The highest BCUT2D eigenvalue weighted by molar-refractivity contribution is 7.99. The second-order valence-corrected chi connectivity index (χ2v) is 4.24. The van der Waals surface area contributed by atoms with Crippen LogP contribution in [0, 0.1) is 0 Å². The van der Waals surface area contributed by atoms with Gasteiger partial charge in [-0.15, -0.1) is 0 Å². The van der Waals surface area contributed by atoms with Crippen LogP contribution < -0.4 is 9.03 Å². The number of carbonyl (C=O) groups excluding carboxylic acids is 1. The summed E-state index contributed by atoms with van der Waals surface area (Å²) in [5, 5.41) is 0. The molecule has 2 rings (SSSR count). The van der Waals surface area contributed by atoms with Crippen molar-refractivity contribution in [1.29, 1.82) is 0 Å². The lowest BCUT2D eigenvalue weighted by molar-refractivity contribution is 0.0983. The summed E-state index contributed by atoms with van der Waals surface area (Å²) in [5.74, 6) is -0.0116. The molecule has 0 fully saturated rings. The molecule has 1 aliphatic rings. The Bertz CT molecular complexity index is 365. The summed E-state index contributed by atoms with van der Waals surface area (Å²) >= 11 is 1.36. The van der Waals surface area contributed by atoms with Crippen LogP contribution in [0.5, 0.6) is 0 Å². The monoisotopic (exact) mass is 208 g/mol. The van der Waals surface area contributed by atoms with E-state index < -0.39 is 0 Å². The molecule has 1 aliphatic heterocycles. The Morgan fingerprint density at radius 2 is 2.07 bits per heavy atom. The van der Waals surface area contributed by atoms with E-state index in [0.717, 1.165) is 11.3 Å². The predicted molar refractivity (Wildman–Crippen MR) is 59.1 cm³/mol. The average Bonchev–Trinajstić information content (AvgIpc) is 2.18. The molecule has 1 aromatic carbocycles. The van der Waals surface area contributed by atoms with E-state index in [1.165, 1.54) is 12.1 Å². The highest BCUT2D eigenvalue weighted by atomic mass is 32.2. The van der Waals surface area contributed by atoms with E-state index in [9.17, 15) is 4.79 Å². The maximum Gasteiger partial charge on any atom is 0.264 e. The molecule has 0 aliphatic carbocycles. The molecule has 74 valence electrons. The Kier molecular flexibility index (Phi) is 2.37. The molecule has 1 N–H and O–H groups in total. The molecule has 0 atom stereocenters. The third kappa shape index (κ3) is 1.46. The van der Waals surface area contributed by atoms with E-state index in [2.05, 4.69) is 22.9 Å². The van der Waals surface area contributed by atoms with Gasteiger partial charge < -0.3 is 0 Å². The van der Waals surface area contributed by atoms with Crippen LogP contribution in [-0.4, -0.2) is 11.9 Å². The summed E-state index contributed by atoms with van der Waals surface area (Å²) < 4.78 is 4.87. The van der Waals surface area contributed by atoms with Gasteiger partial charge in [0, 0.05) is 6.04 Å². The van der Waals surface area contributed by atoms with Gasteiger partial charge in [0.1, 0.15) is 0 Å². The number of nitrogens with one attached hydrogen (secondary N) is 1. The van der Waals surface area contributed by atoms with Gasteiger partial charge >= 0.3 is 0 Å². The Labute approximate surface area is 87.8 Å². The molecular formula is C10H12N2OS. The van der Waals surface area contributed by atoms with Gasteiger partial charge in [0.05, 0.1) is 23.4 Å². The average molecular weight is 208 g/mol. The number of nitrogens with zero attached hydrogens (tertiary/aromatic N) is 1. The number of anilines is 1. The quantitative estimate of drug-likeness (QED) is 0.718. The zero-order chi connectivity index (χ0) is 10.1. The minimum atomic E-state index is -0.0116. The lowest BCUT2D eigenvalue weighted by Crippen LogP contribution is -2.36. The normalized spacial score (nSPS) is 15.4. The van der Waals surface area contributed by atoms with Gasteiger partial charge in [-0.2, -0.15) is 0 Å². The van der Waals surface area contributed by atoms with Gasteiger partial charge in [0.2, 0.25) is 0 Å². The lowest BCUT2D eigenvalue weighted by atomic mass is 10.1. The van der Waals surface area contributed by atoms with E-state index >= 15 is 0 Å². The molecule has 0 unspecified atom stereocenters. The SMILES string of the molecule is CC(C)N1SNC(=O)c2ccccc21. The minimum Gasteiger partial charge on any atom is -0.295 e. The molecule has 14 heavy (non-hydrogen) atoms. The van der Waals surface area contributed by atoms with Crippen molar-refractivity contribution in [1.82, 2.24) is 4.72 Å². The van der Waals surface area contributed by atoms with E-state index in [1.54, 1.807) is 0 Å². The fourth-order valence-electron chi connectivity index (χ4n) is 1.44. The smallest absolute Gasteiger partial charge is 0.264 e. The van der Waals surface area contributed by atoms with Gasteiger partial charge in [0.15, 0.2) is 0 Å². The van der Waals surface area contributed by atoms with Crippen LogP contribution in [0.4, 0.5) is 5.69 Å². The Hall–Kier alpha value is -1.16. The molecule has 0 bridgehead atoms. The second kappa shape index (κ2) is 3.53. The molecule has 0 spiro atoms. The molecule has 1 heterocycles. The number of rotatable bonds is 1. The lowest BCUT2D eigenvalue weighted by Gasteiger charge is -2.32. The van der Waals surface area contributed by atoms with Crippen LogP contribution >= 0.6 is 12.1 Å². The summed E-state index contributed by atoms with van der Waals surface area (Å²) in [6.07, 6.45) is 0. The van der Waals surface area contributed by atoms with E-state index in [0.29, 0.717) is 6.04 Å². The van der Waals surface area contributed by atoms with Crippen LogP contribution in [0.2, 0.25) is 0 Å². The molecule has 0 aromatic heterocycles. The first-order valence-corrected chi connectivity index (χ1v) is 5.33. The van der Waals surface area contributed by atoms with Gasteiger partial charge in [-0.1, -0.05) is 12.1 Å². The van der Waals surface area contributed by atoms with Crippen molar-refractivity contribution in [2.45, 2.75) is 19.9 Å². The number of para-hydroxylation sites is 1. The Balaban J connectivity index is 2.46. The Morgan fingerprint density at radius 3 is 2.79 bits per heavy atom. The third-order valence-electron chi connectivity index (χ3n) is 2.09. The summed E-state index contributed by atoms with van der Waals surface area (Å²) in [4.78, 5) is 11.5. The number of hydrogen-bond donors (Lipinski definition) is 1. The molecule has 0 saturated carbocycles. The maximum absolute atomic E-state index is 11.5. The van der Waals surface area contributed by atoms with Crippen molar-refractivity contribution in [3.8, 4) is 0 Å². The van der Waals surface area contributed by atoms with E-state index in [4.69, 9.17) is 0 Å². The molecule has 1 aromatic rings. The third-order valence-corrected chi connectivity index (χ3v) is 3.18. The highest BCUT2D eigenvalue weighted by Crippen LogP contribution is 2.31. The number of carbonyl (C=O) groups is 1. The van der Waals surface area contributed by atoms with Gasteiger partial charge in [0.25, 0.3) is 5.91 Å². The fraction of sp³-hybridized carbons (Fsp3) is 0.300. The van der Waals surface area contributed by atoms with Crippen LogP contribution in [-0.2, 0) is 0 Å². The largest absolute Gasteiger partial charge is 0.295 e. The van der Waals surface area contributed by atoms with E-state index in [-0.39, 0.29) is 5.91 Å². The van der Waals surface area contributed by atoms with E-state index in [1.807, 2.05) is 24.3 Å². The van der Waals surface area contributed by atoms with Crippen molar-refractivity contribution in [3.05, 3.63) is 29.8 Å². The van der Waals surface area contributed by atoms with Crippen LogP contribution in [0.1, 0.15) is 24.2 Å². The predicted octanol–water partition coefficient (Wildman–Crippen LogP) is 2.21. The topological polar surface area (TPSA) is 32.3 Å². The van der Waals surface area contributed by atoms with Crippen LogP contribution in [0.25, 0.3) is 0 Å². The van der Waals surface area contributed by atoms with Crippen molar-refractivity contribution >= 4 is 23.7 Å². The number of fused-ring (bicyclic) bond motifs is 1. The first-order valence-electron chi connectivity index (χ1n) is 4.55.